The van der Waals surface area contributed by atoms with Crippen LogP contribution in [-0.4, -0.2) is 47.7 Å². The van der Waals surface area contributed by atoms with Crippen molar-refractivity contribution in [2.75, 3.05) is 30.0 Å². The number of amides is 3. The maximum Gasteiger partial charge on any atom is 0.277 e. The van der Waals surface area contributed by atoms with Gasteiger partial charge in [0.1, 0.15) is 11.4 Å². The third kappa shape index (κ3) is 3.68. The topological polar surface area (TPSA) is 111 Å². The van der Waals surface area contributed by atoms with Crippen LogP contribution in [-0.2, 0) is 11.2 Å². The maximum atomic E-state index is 14.4. The zero-order valence-electron chi connectivity index (χ0n) is 31.6. The molecule has 1 fully saturated rings. The number of benzene rings is 2. The van der Waals surface area contributed by atoms with Crippen LogP contribution in [0.5, 0.6) is 5.75 Å². The van der Waals surface area contributed by atoms with Gasteiger partial charge in [-0.05, 0) is 67.6 Å². The summed E-state index contributed by atoms with van der Waals surface area (Å²) in [5, 5.41) is 3.83. The highest BCUT2D eigenvalue weighted by atomic mass is 16.5. The molecule has 0 aliphatic carbocycles. The highest BCUT2D eigenvalue weighted by molar-refractivity contribution is 6.09. The fourth-order valence-corrected chi connectivity index (χ4v) is 3.39. The molecule has 2 aliphatic rings. The molecule has 174 valence electrons. The lowest BCUT2D eigenvalue weighted by Crippen LogP contribution is -2.39. The largest absolute Gasteiger partial charge is 0.497 e. The van der Waals surface area contributed by atoms with E-state index in [1.54, 1.807) is 0 Å². The van der Waals surface area contributed by atoms with Crippen LogP contribution in [0, 0.1) is 0 Å². The van der Waals surface area contributed by atoms with Crippen LogP contribution in [0.4, 0.5) is 11.4 Å². The first-order valence-electron chi connectivity index (χ1n) is 16.9. The number of methoxy groups -OCH3 is 1. The van der Waals surface area contributed by atoms with Gasteiger partial charge in [0.05, 0.1) is 26.5 Å². The molecule has 3 heterocycles. The summed E-state index contributed by atoms with van der Waals surface area (Å²) in [6.45, 7) is -3.80. The molecule has 34 heavy (non-hydrogen) atoms. The van der Waals surface area contributed by atoms with E-state index < -0.39 is 125 Å². The van der Waals surface area contributed by atoms with Crippen molar-refractivity contribution in [1.82, 2.24) is 9.78 Å². The molecule has 0 saturated carbocycles. The molecule has 0 bridgehead atoms. The van der Waals surface area contributed by atoms with Crippen molar-refractivity contribution in [1.29, 1.82) is 0 Å². The van der Waals surface area contributed by atoms with Crippen molar-refractivity contribution < 1.29 is 38.3 Å². The Balaban J connectivity index is 1.85. The van der Waals surface area contributed by atoms with Crippen molar-refractivity contribution in [2.45, 2.75) is 25.6 Å². The fraction of sp³-hybridized carbons (Fsp3) is 0.280. The number of ether oxygens (including phenoxy) is 1. The monoisotopic (exact) mass is 473 g/mol. The minimum absolute atomic E-state index is 0.0416. The van der Waals surface area contributed by atoms with Crippen LogP contribution < -0.4 is 20.3 Å². The first-order chi connectivity index (χ1) is 22.1. The number of nitrogens with zero attached hydrogens (tertiary/aromatic N) is 4. The predicted molar refractivity (Wildman–Crippen MR) is 127 cm³/mol. The molecule has 9 nitrogen and oxygen atoms in total. The molecule has 1 saturated heterocycles. The Labute approximate surface area is 216 Å². The number of carbonyl (C=O) groups is 3. The standard InChI is InChI=1S/C25H25N5O4/c1-34-19-11-9-18(10-12-19)30-23-20(22(27-30)24(26)32)13-15-29(25(23)33)17-7-5-16(6-8-17)28-14-3-2-4-21(28)31/h5-12H,2-4,13-15H2,1H3,(H2,26,32)/i4D2,5D,6D,7D,8D,9D,10D,11D,12D,13D2,15D2. The molecular weight excluding hydrogens is 434 g/mol. The highest BCUT2D eigenvalue weighted by Crippen LogP contribution is 2.31. The van der Waals surface area contributed by atoms with E-state index in [9.17, 15) is 14.4 Å². The normalized spacial score (nSPS) is 26.3. The molecule has 2 N–H and O–H groups in total. The summed E-state index contributed by atoms with van der Waals surface area (Å²) >= 11 is 0. The summed E-state index contributed by atoms with van der Waals surface area (Å²) in [6, 6.07) is -7.45. The molecule has 0 atom stereocenters. The fourth-order valence-electron chi connectivity index (χ4n) is 3.39. The lowest BCUT2D eigenvalue weighted by Gasteiger charge is -2.29. The van der Waals surface area contributed by atoms with Gasteiger partial charge in [-0.25, -0.2) is 4.68 Å². The van der Waals surface area contributed by atoms with Crippen LogP contribution in [0.25, 0.3) is 5.69 Å². The number of carbonyl (C=O) groups excluding carboxylic acids is 3. The number of rotatable bonds is 5. The third-order valence-electron chi connectivity index (χ3n) is 4.99. The Bertz CT molecular complexity index is 1910. The molecule has 1 aromatic heterocycles. The Morgan fingerprint density at radius 1 is 1.00 bits per heavy atom. The highest BCUT2D eigenvalue weighted by Gasteiger charge is 2.34. The van der Waals surface area contributed by atoms with Crippen molar-refractivity contribution >= 4 is 29.1 Å². The van der Waals surface area contributed by atoms with E-state index in [0.717, 1.165) is 12.0 Å². The van der Waals surface area contributed by atoms with Crippen molar-refractivity contribution in [3.8, 4) is 11.4 Å². The Morgan fingerprint density at radius 3 is 2.29 bits per heavy atom. The third-order valence-corrected chi connectivity index (χ3v) is 4.99. The number of fused-ring (bicyclic) bond motifs is 1. The van der Waals surface area contributed by atoms with Gasteiger partial charge in [-0.3, -0.25) is 14.4 Å². The van der Waals surface area contributed by atoms with Gasteiger partial charge in [0.15, 0.2) is 5.69 Å². The SMILES string of the molecule is [2H]c1c([2H])c(-n2nc(C(N)=O)c3c2C(=O)N(c2c([2H])c([2H])c(N4CCCC([2H])([2H])C4=O)c([2H])c2[2H])C([2H])([2H])C3([2H])[2H])c([2H])c([2H])c1OC. The zero-order valence-corrected chi connectivity index (χ0v) is 17.6. The summed E-state index contributed by atoms with van der Waals surface area (Å²) in [5.74, 6) is -4.74. The number of anilines is 2. The Hall–Kier alpha value is -4.14. The second-order valence-corrected chi connectivity index (χ2v) is 7.04. The molecule has 5 rings (SSSR count). The zero-order chi connectivity index (χ0) is 36.2. The van der Waals surface area contributed by atoms with Crippen LogP contribution in [0.15, 0.2) is 48.3 Å². The molecule has 0 radical (unpaired) electrons. The van der Waals surface area contributed by atoms with Gasteiger partial charge >= 0.3 is 0 Å². The first-order valence-corrected chi connectivity index (χ1v) is 9.92. The average Bonchev–Trinajstić information content (AvgIpc) is 3.40. The van der Waals surface area contributed by atoms with E-state index in [2.05, 4.69) is 5.10 Å². The van der Waals surface area contributed by atoms with E-state index in [-0.39, 0.29) is 24.3 Å². The van der Waals surface area contributed by atoms with Crippen LogP contribution >= 0.6 is 0 Å². The van der Waals surface area contributed by atoms with Gasteiger partial charge in [-0.15, -0.1) is 0 Å². The molecule has 2 aliphatic heterocycles. The second kappa shape index (κ2) is 8.66. The van der Waals surface area contributed by atoms with E-state index in [1.807, 2.05) is 0 Å². The van der Waals surface area contributed by atoms with E-state index >= 15 is 0 Å². The van der Waals surface area contributed by atoms with E-state index in [4.69, 9.17) is 29.7 Å². The van der Waals surface area contributed by atoms with E-state index in [0.29, 0.717) is 4.68 Å². The summed E-state index contributed by atoms with van der Waals surface area (Å²) < 4.78 is 125. The van der Waals surface area contributed by atoms with Crippen molar-refractivity contribution in [3.63, 3.8) is 0 Å². The first kappa shape index (κ1) is 10.9. The van der Waals surface area contributed by atoms with Gasteiger partial charge in [0.2, 0.25) is 5.91 Å². The molecule has 0 spiro atoms. The van der Waals surface area contributed by atoms with E-state index in [1.165, 1.54) is 0 Å². The lowest BCUT2D eigenvalue weighted by molar-refractivity contribution is -0.119. The number of hydrogen-bond acceptors (Lipinski definition) is 5. The van der Waals surface area contributed by atoms with Gasteiger partial charge < -0.3 is 20.3 Å². The second-order valence-electron chi connectivity index (χ2n) is 7.04. The van der Waals surface area contributed by atoms with Gasteiger partial charge in [0, 0.05) is 41.8 Å². The summed E-state index contributed by atoms with van der Waals surface area (Å²) in [6.07, 6.45) is -5.94. The minimum atomic E-state index is -3.62. The van der Waals surface area contributed by atoms with Gasteiger partial charge in [-0.1, -0.05) is 0 Å². The predicted octanol–water partition coefficient (Wildman–Crippen LogP) is 2.70. The number of primary amides is 1. The molecule has 2 aromatic carbocycles. The molecule has 3 aromatic rings. The Kier molecular flexibility index (Phi) is 2.77. The number of piperidine rings is 1. The number of hydrogen-bond donors (Lipinski definition) is 1. The van der Waals surface area contributed by atoms with Crippen LogP contribution in [0.1, 0.15) is 64.9 Å². The molecular formula is C25H25N5O4. The maximum absolute atomic E-state index is 14.4. The average molecular weight is 474 g/mol. The lowest BCUT2D eigenvalue weighted by atomic mass is 10.0. The molecule has 0 unspecified atom stereocenters. The minimum Gasteiger partial charge on any atom is -0.497 e. The smallest absolute Gasteiger partial charge is 0.277 e. The van der Waals surface area contributed by atoms with Crippen molar-refractivity contribution in [3.05, 3.63) is 65.3 Å². The van der Waals surface area contributed by atoms with Crippen LogP contribution in [0.3, 0.4) is 0 Å². The quantitative estimate of drug-likeness (QED) is 0.613. The van der Waals surface area contributed by atoms with Gasteiger partial charge in [0.25, 0.3) is 11.8 Å². The van der Waals surface area contributed by atoms with Crippen LogP contribution in [0.2, 0.25) is 0 Å². The number of aromatic nitrogens is 2. The molecule has 9 heteroatoms. The summed E-state index contributed by atoms with van der Waals surface area (Å²) in [7, 11) is 1.07. The van der Waals surface area contributed by atoms with Gasteiger partial charge in [-0.2, -0.15) is 5.10 Å². The Morgan fingerprint density at radius 2 is 1.65 bits per heavy atom. The molecule has 3 amide bonds. The summed E-state index contributed by atoms with van der Waals surface area (Å²) in [4.78, 5) is 40.5. The number of nitrogens with two attached hydrogens (primary N) is 1. The van der Waals surface area contributed by atoms with Crippen molar-refractivity contribution in [2.24, 2.45) is 5.73 Å². The summed E-state index contributed by atoms with van der Waals surface area (Å²) in [5.41, 5.74) is -0.201.